The number of benzene rings is 1. The summed E-state index contributed by atoms with van der Waals surface area (Å²) in [5.41, 5.74) is 4.88. The lowest BCUT2D eigenvalue weighted by Crippen LogP contribution is -2.28. The number of nitro groups is 1. The van der Waals surface area contributed by atoms with E-state index in [0.717, 1.165) is 0 Å². The monoisotopic (exact) mass is 280 g/mol. The Morgan fingerprint density at radius 2 is 2.10 bits per heavy atom. The molecule has 1 aromatic carbocycles. The van der Waals surface area contributed by atoms with Crippen LogP contribution in [0.1, 0.15) is 23.7 Å². The molecule has 0 fully saturated rings. The van der Waals surface area contributed by atoms with Gasteiger partial charge in [-0.3, -0.25) is 19.7 Å². The Morgan fingerprint density at radius 3 is 2.65 bits per heavy atom. The smallest absolute Gasteiger partial charge is 0.305 e. The molecule has 108 valence electrons. The van der Waals surface area contributed by atoms with E-state index in [1.54, 1.807) is 13.0 Å². The number of anilines is 1. The summed E-state index contributed by atoms with van der Waals surface area (Å²) in [5.74, 6) is -1.17. The maximum absolute atomic E-state index is 11.9. The molecule has 0 bridgehead atoms. The van der Waals surface area contributed by atoms with Crippen molar-refractivity contribution in [2.45, 2.75) is 13.3 Å². The third kappa shape index (κ3) is 3.94. The van der Waals surface area contributed by atoms with E-state index in [1.807, 2.05) is 0 Å². The van der Waals surface area contributed by atoms with Crippen LogP contribution < -0.4 is 16.4 Å². The van der Waals surface area contributed by atoms with Crippen LogP contribution in [0.3, 0.4) is 0 Å². The Bertz CT molecular complexity index is 530. The summed E-state index contributed by atoms with van der Waals surface area (Å²) in [6, 6.07) is 4.44. The highest BCUT2D eigenvalue weighted by molar-refractivity contribution is 6.00. The topological polar surface area (TPSA) is 127 Å². The summed E-state index contributed by atoms with van der Waals surface area (Å²) >= 11 is 0. The number of nitrogens with one attached hydrogen (secondary N) is 2. The van der Waals surface area contributed by atoms with Gasteiger partial charge < -0.3 is 16.4 Å². The van der Waals surface area contributed by atoms with Crippen LogP contribution in [-0.4, -0.2) is 29.8 Å². The van der Waals surface area contributed by atoms with Gasteiger partial charge in [-0.1, -0.05) is 6.07 Å². The molecule has 4 N–H and O–H groups in total. The molecule has 8 nitrogen and oxygen atoms in total. The third-order valence-electron chi connectivity index (χ3n) is 2.49. The number of nitrogens with two attached hydrogens (primary N) is 1. The predicted molar refractivity (Wildman–Crippen MR) is 73.4 cm³/mol. The Balaban J connectivity index is 2.98. The van der Waals surface area contributed by atoms with Crippen LogP contribution in [0.2, 0.25) is 0 Å². The molecule has 0 aliphatic heterocycles. The van der Waals surface area contributed by atoms with Gasteiger partial charge in [-0.25, -0.2) is 0 Å². The highest BCUT2D eigenvalue weighted by Gasteiger charge is 2.23. The zero-order valence-electron chi connectivity index (χ0n) is 11.0. The van der Waals surface area contributed by atoms with E-state index < -0.39 is 16.7 Å². The fourth-order valence-electron chi connectivity index (χ4n) is 1.65. The SMILES string of the molecule is CCNc1cccc(C(=O)NCCC(N)=O)c1[N+](=O)[O-]. The Hall–Kier alpha value is -2.64. The van der Waals surface area contributed by atoms with Crippen molar-refractivity contribution in [2.24, 2.45) is 5.73 Å². The minimum atomic E-state index is -0.613. The van der Waals surface area contributed by atoms with Gasteiger partial charge in [0.1, 0.15) is 11.3 Å². The van der Waals surface area contributed by atoms with E-state index in [0.29, 0.717) is 6.54 Å². The van der Waals surface area contributed by atoms with Gasteiger partial charge in [0.15, 0.2) is 0 Å². The van der Waals surface area contributed by atoms with Gasteiger partial charge in [0.2, 0.25) is 5.91 Å². The van der Waals surface area contributed by atoms with Crippen LogP contribution in [0.5, 0.6) is 0 Å². The summed E-state index contributed by atoms with van der Waals surface area (Å²) in [6.45, 7) is 2.33. The molecule has 0 aliphatic rings. The minimum absolute atomic E-state index is 0.0214. The first kappa shape index (κ1) is 15.4. The van der Waals surface area contributed by atoms with Crippen molar-refractivity contribution in [3.63, 3.8) is 0 Å². The van der Waals surface area contributed by atoms with Gasteiger partial charge in [-0.05, 0) is 19.1 Å². The number of para-hydroxylation sites is 1. The Labute approximate surface area is 115 Å². The summed E-state index contributed by atoms with van der Waals surface area (Å²) in [6.07, 6.45) is -0.0214. The van der Waals surface area contributed by atoms with Crippen LogP contribution in [0.25, 0.3) is 0 Å². The maximum Gasteiger partial charge on any atom is 0.305 e. The van der Waals surface area contributed by atoms with Crippen LogP contribution in [-0.2, 0) is 4.79 Å². The second kappa shape index (κ2) is 7.07. The van der Waals surface area contributed by atoms with Crippen molar-refractivity contribution in [1.82, 2.24) is 5.32 Å². The second-order valence-electron chi connectivity index (χ2n) is 3.96. The van der Waals surface area contributed by atoms with Gasteiger partial charge in [-0.15, -0.1) is 0 Å². The number of nitro benzene ring substituents is 1. The predicted octanol–water partition coefficient (Wildman–Crippen LogP) is 0.632. The zero-order valence-corrected chi connectivity index (χ0v) is 11.0. The molecule has 8 heteroatoms. The van der Waals surface area contributed by atoms with E-state index >= 15 is 0 Å². The van der Waals surface area contributed by atoms with Crippen molar-refractivity contribution in [2.75, 3.05) is 18.4 Å². The molecule has 0 saturated carbocycles. The highest BCUT2D eigenvalue weighted by atomic mass is 16.6. The van der Waals surface area contributed by atoms with E-state index in [4.69, 9.17) is 5.73 Å². The molecule has 0 atom stereocenters. The van der Waals surface area contributed by atoms with Crippen LogP contribution in [0.15, 0.2) is 18.2 Å². The van der Waals surface area contributed by atoms with Gasteiger partial charge in [0.25, 0.3) is 5.91 Å². The molecule has 2 amide bonds. The van der Waals surface area contributed by atoms with Crippen molar-refractivity contribution in [1.29, 1.82) is 0 Å². The van der Waals surface area contributed by atoms with Crippen molar-refractivity contribution >= 4 is 23.2 Å². The lowest BCUT2D eigenvalue weighted by Gasteiger charge is -2.09. The van der Waals surface area contributed by atoms with E-state index in [-0.39, 0.29) is 29.9 Å². The van der Waals surface area contributed by atoms with Crippen LogP contribution in [0, 0.1) is 10.1 Å². The quantitative estimate of drug-likeness (QED) is 0.498. The number of amides is 2. The molecule has 0 aromatic heterocycles. The van der Waals surface area contributed by atoms with Crippen molar-refractivity contribution in [3.05, 3.63) is 33.9 Å². The van der Waals surface area contributed by atoms with Crippen molar-refractivity contribution in [3.8, 4) is 0 Å². The van der Waals surface area contributed by atoms with Crippen LogP contribution >= 0.6 is 0 Å². The molecule has 0 heterocycles. The van der Waals surface area contributed by atoms with E-state index in [2.05, 4.69) is 10.6 Å². The number of primary amides is 1. The first-order valence-electron chi connectivity index (χ1n) is 6.05. The minimum Gasteiger partial charge on any atom is -0.380 e. The first-order valence-corrected chi connectivity index (χ1v) is 6.05. The fourth-order valence-corrected chi connectivity index (χ4v) is 1.65. The Morgan fingerprint density at radius 1 is 1.40 bits per heavy atom. The van der Waals surface area contributed by atoms with Crippen LogP contribution in [0.4, 0.5) is 11.4 Å². The maximum atomic E-state index is 11.9. The van der Waals surface area contributed by atoms with Crippen molar-refractivity contribution < 1.29 is 14.5 Å². The Kier molecular flexibility index (Phi) is 5.45. The number of rotatable bonds is 7. The zero-order chi connectivity index (χ0) is 15.1. The molecule has 20 heavy (non-hydrogen) atoms. The average Bonchev–Trinajstić information content (AvgIpc) is 2.38. The summed E-state index contributed by atoms with van der Waals surface area (Å²) < 4.78 is 0. The normalized spacial score (nSPS) is 9.85. The standard InChI is InChI=1S/C12H16N4O4/c1-2-14-9-5-3-4-8(11(9)16(19)20)12(18)15-7-6-10(13)17/h3-5,14H,2,6-7H2,1H3,(H2,13,17)(H,15,18). The van der Waals surface area contributed by atoms with Gasteiger partial charge in [-0.2, -0.15) is 0 Å². The fraction of sp³-hybridized carbons (Fsp3) is 0.333. The number of nitrogens with zero attached hydrogens (tertiary/aromatic N) is 1. The molecule has 0 unspecified atom stereocenters. The van der Waals surface area contributed by atoms with E-state index in [9.17, 15) is 19.7 Å². The number of carbonyl (C=O) groups is 2. The molecule has 0 saturated heterocycles. The second-order valence-corrected chi connectivity index (χ2v) is 3.96. The van der Waals surface area contributed by atoms with Gasteiger partial charge in [0.05, 0.1) is 4.92 Å². The number of carbonyl (C=O) groups excluding carboxylic acids is 2. The summed E-state index contributed by atoms with van der Waals surface area (Å²) in [4.78, 5) is 33.0. The number of hydrogen-bond acceptors (Lipinski definition) is 5. The average molecular weight is 280 g/mol. The largest absolute Gasteiger partial charge is 0.380 e. The lowest BCUT2D eigenvalue weighted by molar-refractivity contribution is -0.384. The molecular formula is C12H16N4O4. The summed E-state index contributed by atoms with van der Waals surface area (Å²) in [7, 11) is 0. The molecule has 1 rings (SSSR count). The summed E-state index contributed by atoms with van der Waals surface area (Å²) in [5, 5.41) is 16.4. The van der Waals surface area contributed by atoms with Gasteiger partial charge >= 0.3 is 5.69 Å². The lowest BCUT2D eigenvalue weighted by atomic mass is 10.1. The molecule has 1 aromatic rings. The molecule has 0 aliphatic carbocycles. The van der Waals surface area contributed by atoms with Gasteiger partial charge in [0, 0.05) is 19.5 Å². The highest BCUT2D eigenvalue weighted by Crippen LogP contribution is 2.28. The first-order chi connectivity index (χ1) is 9.47. The van der Waals surface area contributed by atoms with E-state index in [1.165, 1.54) is 12.1 Å². The third-order valence-corrected chi connectivity index (χ3v) is 2.49. The molecular weight excluding hydrogens is 264 g/mol. The molecule has 0 spiro atoms. The molecule has 0 radical (unpaired) electrons. The number of hydrogen-bond donors (Lipinski definition) is 3.